The molecule has 4 rings (SSSR count). The first kappa shape index (κ1) is 25.0. The summed E-state index contributed by atoms with van der Waals surface area (Å²) in [4.78, 5) is 29.7. The molecular formula is C25H24F3N5O3. The van der Waals surface area contributed by atoms with E-state index in [0.717, 1.165) is 11.6 Å². The standard InChI is InChI=1S/C25H24F3N5O3/c26-25(27,28)18-4-1-2-5-19(18)31-17-10-8-16(9-11-17)14-30-23(35)24(12-13-36-15-24)33-22(34)20-6-3-7-21(29)32-20/h1-11,31H,12-15H2,(H2,29,32)(H,30,35)(H,33,34). The van der Waals surface area contributed by atoms with Crippen molar-refractivity contribution in [3.8, 4) is 0 Å². The topological polar surface area (TPSA) is 118 Å². The first-order valence-electron chi connectivity index (χ1n) is 11.1. The number of ether oxygens (including phenoxy) is 1. The van der Waals surface area contributed by atoms with Gasteiger partial charge in [0.1, 0.15) is 17.1 Å². The van der Waals surface area contributed by atoms with E-state index < -0.39 is 29.1 Å². The maximum absolute atomic E-state index is 13.2. The predicted octanol–water partition coefficient (Wildman–Crippen LogP) is 3.63. The van der Waals surface area contributed by atoms with Gasteiger partial charge in [-0.15, -0.1) is 0 Å². The van der Waals surface area contributed by atoms with Gasteiger partial charge in [0.25, 0.3) is 5.91 Å². The van der Waals surface area contributed by atoms with Crippen LogP contribution in [0.2, 0.25) is 0 Å². The normalized spacial score (nSPS) is 17.4. The number of anilines is 3. The summed E-state index contributed by atoms with van der Waals surface area (Å²) in [5.74, 6) is -0.778. The largest absolute Gasteiger partial charge is 0.418 e. The summed E-state index contributed by atoms with van der Waals surface area (Å²) >= 11 is 0. The Hall–Kier alpha value is -4.12. The molecule has 0 aliphatic carbocycles. The van der Waals surface area contributed by atoms with Crippen molar-refractivity contribution in [1.29, 1.82) is 0 Å². The molecule has 3 aromatic rings. The molecule has 1 aliphatic rings. The Morgan fingerprint density at radius 2 is 1.78 bits per heavy atom. The highest BCUT2D eigenvalue weighted by Gasteiger charge is 2.44. The zero-order chi connectivity index (χ0) is 25.8. The molecule has 2 heterocycles. The lowest BCUT2D eigenvalue weighted by molar-refractivity contribution is -0.137. The van der Waals surface area contributed by atoms with Crippen molar-refractivity contribution < 1.29 is 27.5 Å². The first-order valence-corrected chi connectivity index (χ1v) is 11.1. The van der Waals surface area contributed by atoms with Gasteiger partial charge in [-0.1, -0.05) is 30.3 Å². The average molecular weight is 499 g/mol. The Morgan fingerprint density at radius 1 is 1.03 bits per heavy atom. The number of aromatic nitrogens is 1. The SMILES string of the molecule is Nc1cccc(C(=O)NC2(C(=O)NCc3ccc(Nc4ccccc4C(F)(F)F)cc3)CCOC2)n1. The van der Waals surface area contributed by atoms with Crippen LogP contribution in [0.1, 0.15) is 28.0 Å². The fourth-order valence-electron chi connectivity index (χ4n) is 3.81. The molecule has 0 spiro atoms. The fourth-order valence-corrected chi connectivity index (χ4v) is 3.81. The average Bonchev–Trinajstić information content (AvgIpc) is 3.33. The van der Waals surface area contributed by atoms with E-state index in [1.807, 2.05) is 0 Å². The molecule has 5 N–H and O–H groups in total. The molecule has 188 valence electrons. The molecule has 36 heavy (non-hydrogen) atoms. The maximum Gasteiger partial charge on any atom is 0.418 e. The van der Waals surface area contributed by atoms with Gasteiger partial charge >= 0.3 is 6.18 Å². The Kier molecular flexibility index (Phi) is 7.11. The van der Waals surface area contributed by atoms with Crippen LogP contribution >= 0.6 is 0 Å². The molecule has 1 aromatic heterocycles. The highest BCUT2D eigenvalue weighted by atomic mass is 19.4. The lowest BCUT2D eigenvalue weighted by Crippen LogP contribution is -2.59. The van der Waals surface area contributed by atoms with Crippen LogP contribution in [-0.2, 0) is 22.3 Å². The predicted molar refractivity (Wildman–Crippen MR) is 127 cm³/mol. The second-order valence-electron chi connectivity index (χ2n) is 8.33. The number of nitrogen functional groups attached to an aromatic ring is 1. The van der Waals surface area contributed by atoms with Crippen molar-refractivity contribution in [1.82, 2.24) is 15.6 Å². The number of alkyl halides is 3. The van der Waals surface area contributed by atoms with Gasteiger partial charge in [0.05, 0.1) is 17.9 Å². The van der Waals surface area contributed by atoms with Crippen LogP contribution in [0.4, 0.5) is 30.4 Å². The van der Waals surface area contributed by atoms with E-state index in [1.165, 1.54) is 24.3 Å². The number of amides is 2. The van der Waals surface area contributed by atoms with Crippen molar-refractivity contribution in [2.45, 2.75) is 24.7 Å². The van der Waals surface area contributed by atoms with Crippen molar-refractivity contribution >= 4 is 29.0 Å². The summed E-state index contributed by atoms with van der Waals surface area (Å²) in [6.07, 6.45) is -4.19. The van der Waals surface area contributed by atoms with Gasteiger partial charge in [-0.05, 0) is 42.0 Å². The highest BCUT2D eigenvalue weighted by molar-refractivity contribution is 5.98. The minimum atomic E-state index is -4.48. The summed E-state index contributed by atoms with van der Waals surface area (Å²) in [6.45, 7) is 0.457. The maximum atomic E-state index is 13.2. The van der Waals surface area contributed by atoms with E-state index in [9.17, 15) is 22.8 Å². The van der Waals surface area contributed by atoms with Crippen LogP contribution < -0.4 is 21.7 Å². The van der Waals surface area contributed by atoms with Crippen LogP contribution in [0.3, 0.4) is 0 Å². The van der Waals surface area contributed by atoms with Crippen LogP contribution in [-0.4, -0.2) is 35.6 Å². The molecule has 1 saturated heterocycles. The molecule has 1 atom stereocenters. The van der Waals surface area contributed by atoms with Gasteiger partial charge in [-0.3, -0.25) is 9.59 Å². The highest BCUT2D eigenvalue weighted by Crippen LogP contribution is 2.35. The molecule has 0 bridgehead atoms. The van der Waals surface area contributed by atoms with Crippen LogP contribution in [0, 0.1) is 0 Å². The summed E-state index contributed by atoms with van der Waals surface area (Å²) < 4.78 is 45.0. The van der Waals surface area contributed by atoms with Gasteiger partial charge in [0.15, 0.2) is 0 Å². The van der Waals surface area contributed by atoms with E-state index >= 15 is 0 Å². The minimum absolute atomic E-state index is 0.00829. The number of nitrogens with two attached hydrogens (primary N) is 1. The third-order valence-electron chi connectivity index (χ3n) is 5.73. The van der Waals surface area contributed by atoms with Gasteiger partial charge in [-0.2, -0.15) is 13.2 Å². The second-order valence-corrected chi connectivity index (χ2v) is 8.33. The molecular weight excluding hydrogens is 475 g/mol. The van der Waals surface area contributed by atoms with Crippen LogP contribution in [0.5, 0.6) is 0 Å². The fraction of sp³-hybridized carbons (Fsp3) is 0.240. The van der Waals surface area contributed by atoms with Crippen LogP contribution in [0.15, 0.2) is 66.7 Å². The number of hydrogen-bond donors (Lipinski definition) is 4. The molecule has 2 aromatic carbocycles. The molecule has 11 heteroatoms. The van der Waals surface area contributed by atoms with Crippen LogP contribution in [0.25, 0.3) is 0 Å². The summed E-state index contributed by atoms with van der Waals surface area (Å²) in [5, 5.41) is 8.31. The first-order chi connectivity index (χ1) is 17.2. The number of para-hydroxylation sites is 1. The molecule has 0 radical (unpaired) electrons. The van der Waals surface area contributed by atoms with Crippen molar-refractivity contribution in [2.75, 3.05) is 24.3 Å². The van der Waals surface area contributed by atoms with E-state index in [0.29, 0.717) is 12.3 Å². The number of rotatable bonds is 7. The molecule has 1 aliphatic heterocycles. The van der Waals surface area contributed by atoms with Gasteiger partial charge in [0, 0.05) is 25.3 Å². The molecule has 8 nitrogen and oxygen atoms in total. The van der Waals surface area contributed by atoms with Gasteiger partial charge in [-0.25, -0.2) is 4.98 Å². The Morgan fingerprint density at radius 3 is 2.44 bits per heavy atom. The lowest BCUT2D eigenvalue weighted by Gasteiger charge is -2.27. The van der Waals surface area contributed by atoms with Crippen molar-refractivity contribution in [3.63, 3.8) is 0 Å². The molecule has 1 fully saturated rings. The Bertz CT molecular complexity index is 1240. The third-order valence-corrected chi connectivity index (χ3v) is 5.73. The van der Waals surface area contributed by atoms with Gasteiger partial charge in [0.2, 0.25) is 5.91 Å². The zero-order valence-electron chi connectivity index (χ0n) is 19.1. The van der Waals surface area contributed by atoms with E-state index in [-0.39, 0.29) is 36.8 Å². The van der Waals surface area contributed by atoms with E-state index in [1.54, 1.807) is 36.4 Å². The summed E-state index contributed by atoms with van der Waals surface area (Å²) in [5.41, 5.74) is 4.83. The third kappa shape index (κ3) is 5.74. The molecule has 0 saturated carbocycles. The Labute approximate surface area is 205 Å². The van der Waals surface area contributed by atoms with E-state index in [4.69, 9.17) is 10.5 Å². The molecule has 1 unspecified atom stereocenters. The quantitative estimate of drug-likeness (QED) is 0.394. The number of nitrogens with one attached hydrogen (secondary N) is 3. The zero-order valence-corrected chi connectivity index (χ0v) is 19.1. The summed E-state index contributed by atoms with van der Waals surface area (Å²) in [6, 6.07) is 16.5. The van der Waals surface area contributed by atoms with Crippen molar-refractivity contribution in [2.24, 2.45) is 0 Å². The monoisotopic (exact) mass is 499 g/mol. The summed E-state index contributed by atoms with van der Waals surface area (Å²) in [7, 11) is 0. The smallest absolute Gasteiger partial charge is 0.384 e. The van der Waals surface area contributed by atoms with E-state index in [2.05, 4.69) is 20.9 Å². The van der Waals surface area contributed by atoms with Gasteiger partial charge < -0.3 is 26.4 Å². The number of pyridine rings is 1. The van der Waals surface area contributed by atoms with Crippen molar-refractivity contribution in [3.05, 3.63) is 83.6 Å². The lowest BCUT2D eigenvalue weighted by atomic mass is 9.96. The molecule has 2 amide bonds. The number of benzene rings is 2. The second kappa shape index (κ2) is 10.2. The number of carbonyl (C=O) groups excluding carboxylic acids is 2. The number of hydrogen-bond acceptors (Lipinski definition) is 6. The Balaban J connectivity index is 1.39. The number of halogens is 3. The minimum Gasteiger partial charge on any atom is -0.384 e. The number of nitrogens with zero attached hydrogens (tertiary/aromatic N) is 1. The number of carbonyl (C=O) groups is 2.